The summed E-state index contributed by atoms with van der Waals surface area (Å²) in [4.78, 5) is 2.34. The topological polar surface area (TPSA) is 15.3 Å². The van der Waals surface area contributed by atoms with E-state index in [1.807, 2.05) is 0 Å². The normalized spacial score (nSPS) is 18.7. The average molecular weight is 298 g/mol. The lowest BCUT2D eigenvalue weighted by molar-refractivity contribution is 0.521. The summed E-state index contributed by atoms with van der Waals surface area (Å²) >= 11 is 0. The Hall–Kier alpha value is -1.54. The molecule has 1 heterocycles. The molecule has 0 fully saturated rings. The zero-order valence-corrected chi connectivity index (χ0v) is 14.7. The minimum Gasteiger partial charge on any atom is -0.348 e. The van der Waals surface area contributed by atoms with Gasteiger partial charge in [-0.25, -0.2) is 0 Å². The summed E-state index contributed by atoms with van der Waals surface area (Å²) in [7, 11) is 2.18. The largest absolute Gasteiger partial charge is 0.348 e. The molecule has 1 aromatic rings. The van der Waals surface area contributed by atoms with Gasteiger partial charge in [-0.05, 0) is 42.5 Å². The molecule has 0 bridgehead atoms. The van der Waals surface area contributed by atoms with Gasteiger partial charge in [-0.2, -0.15) is 0 Å². The van der Waals surface area contributed by atoms with Gasteiger partial charge in [0.1, 0.15) is 0 Å². The van der Waals surface area contributed by atoms with Gasteiger partial charge in [0.25, 0.3) is 0 Å². The number of anilines is 1. The van der Waals surface area contributed by atoms with Gasteiger partial charge in [0.2, 0.25) is 0 Å². The first-order valence-electron chi connectivity index (χ1n) is 8.41. The molecule has 2 heteroatoms. The second-order valence-electron chi connectivity index (χ2n) is 6.61. The molecule has 22 heavy (non-hydrogen) atoms. The van der Waals surface area contributed by atoms with Crippen molar-refractivity contribution in [1.82, 2.24) is 5.32 Å². The second-order valence-corrected chi connectivity index (χ2v) is 6.61. The smallest absolute Gasteiger partial charge is 0.0405 e. The van der Waals surface area contributed by atoms with Crippen LogP contribution in [0.1, 0.15) is 52.0 Å². The Morgan fingerprint density at radius 1 is 1.32 bits per heavy atom. The summed E-state index contributed by atoms with van der Waals surface area (Å²) in [6.07, 6.45) is 2.16. The zero-order chi connectivity index (χ0) is 16.3. The second kappa shape index (κ2) is 7.15. The molecule has 0 spiro atoms. The van der Waals surface area contributed by atoms with Crippen molar-refractivity contribution < 1.29 is 0 Å². The Kier molecular flexibility index (Phi) is 5.47. The van der Waals surface area contributed by atoms with Crippen LogP contribution in [0.3, 0.4) is 0 Å². The molecule has 0 saturated carbocycles. The minimum atomic E-state index is 0.429. The maximum absolute atomic E-state index is 4.22. The first kappa shape index (κ1) is 16.8. The number of nitrogens with zero attached hydrogens (tertiary/aromatic N) is 1. The van der Waals surface area contributed by atoms with Crippen LogP contribution in [0.25, 0.3) is 0 Å². The van der Waals surface area contributed by atoms with E-state index in [1.54, 1.807) is 0 Å². The highest BCUT2D eigenvalue weighted by atomic mass is 15.1. The molecule has 1 aliphatic rings. The van der Waals surface area contributed by atoms with Crippen molar-refractivity contribution in [1.29, 1.82) is 0 Å². The van der Waals surface area contributed by atoms with Crippen molar-refractivity contribution in [3.63, 3.8) is 0 Å². The van der Waals surface area contributed by atoms with Crippen LogP contribution in [0.4, 0.5) is 5.69 Å². The molecule has 0 aliphatic carbocycles. The molecule has 0 radical (unpaired) electrons. The van der Waals surface area contributed by atoms with Crippen LogP contribution in [0.15, 0.2) is 47.7 Å². The van der Waals surface area contributed by atoms with Crippen LogP contribution in [-0.4, -0.2) is 19.6 Å². The van der Waals surface area contributed by atoms with E-state index in [2.05, 4.69) is 75.8 Å². The fourth-order valence-electron chi connectivity index (χ4n) is 3.28. The zero-order valence-electron chi connectivity index (χ0n) is 14.7. The van der Waals surface area contributed by atoms with Gasteiger partial charge in [0.05, 0.1) is 0 Å². The predicted molar refractivity (Wildman–Crippen MR) is 97.5 cm³/mol. The summed E-state index contributed by atoms with van der Waals surface area (Å²) in [5.74, 6) is 0.577. The molecule has 1 aliphatic heterocycles. The van der Waals surface area contributed by atoms with E-state index in [0.29, 0.717) is 12.0 Å². The molecular formula is C20H30N2. The minimum absolute atomic E-state index is 0.429. The van der Waals surface area contributed by atoms with Crippen molar-refractivity contribution in [3.05, 3.63) is 53.3 Å². The third-order valence-corrected chi connectivity index (χ3v) is 4.63. The number of hydrogen-bond donors (Lipinski definition) is 1. The summed E-state index contributed by atoms with van der Waals surface area (Å²) in [5, 5.41) is 3.62. The molecule has 0 amide bonds. The first-order valence-corrected chi connectivity index (χ1v) is 8.41. The van der Waals surface area contributed by atoms with Crippen molar-refractivity contribution in [2.75, 3.05) is 18.5 Å². The number of benzene rings is 1. The van der Waals surface area contributed by atoms with Crippen molar-refractivity contribution >= 4 is 5.69 Å². The van der Waals surface area contributed by atoms with Gasteiger partial charge in [-0.15, -0.1) is 0 Å². The standard InChI is InChI=1S/C20H30N2/c1-7-18-20(15(4)5)19(12-13-21-18)22(6)17-10-8-16(9-11-17)14(2)3/h8-11,14,18,21H,4,7,12-13H2,1-3,5-6H3. The average Bonchev–Trinajstić information content (AvgIpc) is 2.53. The lowest BCUT2D eigenvalue weighted by Gasteiger charge is -2.35. The Bertz CT molecular complexity index is 552. The van der Waals surface area contributed by atoms with E-state index >= 15 is 0 Å². The van der Waals surface area contributed by atoms with Gasteiger partial charge in [-0.3, -0.25) is 0 Å². The van der Waals surface area contributed by atoms with Crippen LogP contribution in [0.5, 0.6) is 0 Å². The number of nitrogens with one attached hydrogen (secondary N) is 1. The fraction of sp³-hybridized carbons (Fsp3) is 0.500. The summed E-state index contributed by atoms with van der Waals surface area (Å²) in [6.45, 7) is 14.1. The van der Waals surface area contributed by atoms with Crippen LogP contribution in [0, 0.1) is 0 Å². The van der Waals surface area contributed by atoms with Crippen LogP contribution in [0.2, 0.25) is 0 Å². The SMILES string of the molecule is C=C(C)C1=C(N(C)c2ccc(C(C)C)cc2)CCNC1CC. The van der Waals surface area contributed by atoms with E-state index < -0.39 is 0 Å². The molecule has 0 saturated heterocycles. The lowest BCUT2D eigenvalue weighted by atomic mass is 9.91. The van der Waals surface area contributed by atoms with Crippen molar-refractivity contribution in [2.45, 2.75) is 52.5 Å². The van der Waals surface area contributed by atoms with Crippen LogP contribution >= 0.6 is 0 Å². The van der Waals surface area contributed by atoms with Gasteiger partial charge >= 0.3 is 0 Å². The number of hydrogen-bond acceptors (Lipinski definition) is 2. The quantitative estimate of drug-likeness (QED) is 0.836. The van der Waals surface area contributed by atoms with Crippen LogP contribution < -0.4 is 10.2 Å². The molecular weight excluding hydrogens is 268 g/mol. The maximum Gasteiger partial charge on any atom is 0.0405 e. The molecule has 120 valence electrons. The molecule has 2 nitrogen and oxygen atoms in total. The highest BCUT2D eigenvalue weighted by molar-refractivity contribution is 5.56. The first-order chi connectivity index (χ1) is 10.5. The molecule has 0 aromatic heterocycles. The Labute approximate surface area is 135 Å². The molecule has 1 atom stereocenters. The summed E-state index contributed by atoms with van der Waals surface area (Å²) in [6, 6.07) is 9.40. The monoisotopic (exact) mass is 298 g/mol. The van der Waals surface area contributed by atoms with Gasteiger partial charge in [0, 0.05) is 37.4 Å². The Balaban J connectivity index is 2.36. The van der Waals surface area contributed by atoms with Gasteiger partial charge in [-0.1, -0.05) is 45.1 Å². The summed E-state index contributed by atoms with van der Waals surface area (Å²) in [5.41, 5.74) is 6.64. The van der Waals surface area contributed by atoms with E-state index in [0.717, 1.165) is 19.4 Å². The van der Waals surface area contributed by atoms with Gasteiger partial charge < -0.3 is 10.2 Å². The lowest BCUT2D eigenvalue weighted by Crippen LogP contribution is -2.39. The Morgan fingerprint density at radius 2 is 1.95 bits per heavy atom. The maximum atomic E-state index is 4.22. The Morgan fingerprint density at radius 3 is 2.45 bits per heavy atom. The molecule has 1 unspecified atom stereocenters. The fourth-order valence-corrected chi connectivity index (χ4v) is 3.28. The van der Waals surface area contributed by atoms with Crippen LogP contribution in [-0.2, 0) is 0 Å². The molecule has 2 rings (SSSR count). The van der Waals surface area contributed by atoms with Crippen molar-refractivity contribution in [2.24, 2.45) is 0 Å². The van der Waals surface area contributed by atoms with E-state index in [1.165, 1.54) is 28.1 Å². The highest BCUT2D eigenvalue weighted by Gasteiger charge is 2.24. The van der Waals surface area contributed by atoms with E-state index in [-0.39, 0.29) is 0 Å². The van der Waals surface area contributed by atoms with Crippen molar-refractivity contribution in [3.8, 4) is 0 Å². The van der Waals surface area contributed by atoms with E-state index in [9.17, 15) is 0 Å². The third-order valence-electron chi connectivity index (χ3n) is 4.63. The van der Waals surface area contributed by atoms with E-state index in [4.69, 9.17) is 0 Å². The van der Waals surface area contributed by atoms with Gasteiger partial charge in [0.15, 0.2) is 0 Å². The predicted octanol–water partition coefficient (Wildman–Crippen LogP) is 4.85. The molecule has 1 N–H and O–H groups in total. The third kappa shape index (κ3) is 3.44. The highest BCUT2D eigenvalue weighted by Crippen LogP contribution is 2.30. The summed E-state index contributed by atoms with van der Waals surface area (Å²) < 4.78 is 0. The number of rotatable bonds is 5. The molecule has 1 aromatic carbocycles.